The molecule has 3 spiro atoms. The lowest BCUT2D eigenvalue weighted by Gasteiger charge is -2.61. The van der Waals surface area contributed by atoms with Crippen LogP contribution in [0.25, 0.3) is 0 Å². The molecular weight excluding hydrogens is 1800 g/mol. The summed E-state index contributed by atoms with van der Waals surface area (Å²) in [6.45, 7) is 80.3. The summed E-state index contributed by atoms with van der Waals surface area (Å²) in [5.41, 5.74) is 16.5. The number of alkyl halides is 6. The van der Waals surface area contributed by atoms with Gasteiger partial charge in [-0.1, -0.05) is 204 Å². The molecule has 144 heavy (non-hydrogen) atoms. The maximum Gasteiger partial charge on any atom is 0.250 e. The van der Waals surface area contributed by atoms with Crippen molar-refractivity contribution in [3.63, 3.8) is 0 Å². The number of hydrogen-bond donors (Lipinski definition) is 0. The number of halogens is 7. The zero-order chi connectivity index (χ0) is 105. The summed E-state index contributed by atoms with van der Waals surface area (Å²) in [5, 5.41) is 0. The molecule has 16 aliphatic rings. The Morgan fingerprint density at radius 2 is 0.618 bits per heavy atom. The van der Waals surface area contributed by atoms with Crippen LogP contribution in [0.3, 0.4) is 0 Å². The van der Waals surface area contributed by atoms with E-state index in [1.807, 2.05) is 33.8 Å². The Morgan fingerprint density at radius 3 is 0.944 bits per heavy atom. The van der Waals surface area contributed by atoms with Crippen molar-refractivity contribution >= 4 is 0 Å². The average Bonchev–Trinajstić information content (AvgIpc) is 1.02. The zero-order valence-electron chi connectivity index (χ0n) is 94.5. The van der Waals surface area contributed by atoms with E-state index in [4.69, 9.17) is 0 Å². The highest BCUT2D eigenvalue weighted by atomic mass is 19.3. The van der Waals surface area contributed by atoms with Crippen LogP contribution in [0.5, 0.6) is 0 Å². The molecule has 11 nitrogen and oxygen atoms in total. The SMILES string of the molecule is CC.CC(C)N1C2CC1c1ccccc12.CC(C)N1CC(C)(c2ccccc2)C1.CC(C)N1CC(C)(c2ccccc2)C1.CC(C)N1CC2(C1)CC(F)(F)C2.CC(C)N1CC2(CC(C(C)(F)F)C2)C1.CC(C)N1CCC(F)(F)CC1.CC(C)N1CCC2(CC1)CC2.CC(C)N1CC[C@@H](c2ccccc2)C1.CC(C)N1CC[C@H](c2ccccc2)C1.CC(C)N1Cc2ccc(F)cc2C1.CC(C)N1Cc2ccccc2C1. The molecule has 0 amide bonds. The first-order valence-electron chi connectivity index (χ1n) is 56.4. The summed E-state index contributed by atoms with van der Waals surface area (Å²) in [7, 11) is 0. The largest absolute Gasteiger partial charge is 0.301 e. The van der Waals surface area contributed by atoms with Gasteiger partial charge in [0.2, 0.25) is 11.8 Å². The number of hydrogen-bond acceptors (Lipinski definition) is 11. The van der Waals surface area contributed by atoms with Gasteiger partial charge in [0.1, 0.15) is 5.82 Å². The molecule has 3 saturated carbocycles. The topological polar surface area (TPSA) is 35.6 Å². The van der Waals surface area contributed by atoms with Crippen molar-refractivity contribution in [3.05, 3.63) is 250 Å². The summed E-state index contributed by atoms with van der Waals surface area (Å²) >= 11 is 0. The molecule has 4 atom stereocenters. The molecule has 2 bridgehead atoms. The smallest absolute Gasteiger partial charge is 0.250 e. The Hall–Kier alpha value is -6.39. The predicted octanol–water partition coefficient (Wildman–Crippen LogP) is 29.3. The van der Waals surface area contributed by atoms with E-state index in [-0.39, 0.29) is 48.2 Å². The highest BCUT2D eigenvalue weighted by Gasteiger charge is 2.62. The molecule has 7 aromatic carbocycles. The standard InChI is InChI=1S/4C13H19N.C12H15N.C11H19F2N.C11H14FN.C11H15N.C10H19N.C9H15F2N.C8H15F2N.C2H6/c2*1-11(2)14-9-13(3,10-14)12-7-5-4-6-8-12;2*1-11(2)14-9-8-13(10-14)12-6-4-3-5-7-12;1-8(2)13-11-7-12(13)10-6-4-3-5-9(10)11;1-8(2)14-6-11(7-14)4-9(5-11)10(3,12)13;1-8(2)13-6-9-3-4-11(12)5-10(9)7-13;1-9(2)12-7-10-5-3-4-6-11(10)8-12;1-9(2)11-7-5-10(3-4-10)6-8-11;1-7(2)12-5-8(6-12)3-9(10,11)4-8;1-7(2)11-5-3-8(9,10)4-6-11;1-2/h2*4-8,11H,9-10H2,1-3H3;2*3-7,11,13H,8-10H2,1-2H3;3-6,8,11-12H,7H2,1-2H3;8-9H,4-7H2,1-3H3;3-5,8H,6-7H2,1-2H3;3-6,9H,7-8H2,1-2H3;9H,3-8H2,1-2H3;7H,3-6H2,1-2H3;7H,3-6H2,1-2H3;1-2H3/t;;2*13-;;;;;;;;/m..10......../s1. The third-order valence-corrected chi connectivity index (χ3v) is 34.5. The first kappa shape index (κ1) is 118. The molecule has 4 aliphatic carbocycles. The van der Waals surface area contributed by atoms with Crippen LogP contribution < -0.4 is 0 Å². The number of piperidine rings is 2. The van der Waals surface area contributed by atoms with E-state index in [1.165, 1.54) is 149 Å². The normalized spacial score (nSPS) is 23.9. The molecule has 0 radical (unpaired) electrons. The second-order valence-corrected chi connectivity index (χ2v) is 49.3. The third kappa shape index (κ3) is 32.3. The molecule has 2 unspecified atom stereocenters. The lowest BCUT2D eigenvalue weighted by molar-refractivity contribution is -0.218. The van der Waals surface area contributed by atoms with Crippen molar-refractivity contribution in [2.75, 3.05) is 105 Å². The number of nitrogens with zero attached hydrogens (tertiary/aromatic N) is 11. The second kappa shape index (κ2) is 52.1. The summed E-state index contributed by atoms with van der Waals surface area (Å²) in [5.74, 6) is -6.14. The van der Waals surface area contributed by atoms with Crippen LogP contribution in [0.2, 0.25) is 0 Å². The molecule has 802 valence electrons. The highest BCUT2D eigenvalue weighted by Crippen LogP contribution is 2.60. The highest BCUT2D eigenvalue weighted by molar-refractivity contribution is 5.44. The summed E-state index contributed by atoms with van der Waals surface area (Å²) < 4.78 is 89.1. The Balaban J connectivity index is 0.000000151. The van der Waals surface area contributed by atoms with Gasteiger partial charge in [0.15, 0.2) is 0 Å². The molecule has 0 N–H and O–H groups in total. The first-order valence-corrected chi connectivity index (χ1v) is 56.4. The van der Waals surface area contributed by atoms with Crippen LogP contribution in [0.15, 0.2) is 188 Å². The van der Waals surface area contributed by atoms with Crippen molar-refractivity contribution in [2.24, 2.45) is 22.2 Å². The number of fused-ring (bicyclic) bond motifs is 2. The van der Waals surface area contributed by atoms with E-state index in [9.17, 15) is 30.7 Å². The van der Waals surface area contributed by atoms with Crippen LogP contribution in [-0.2, 0) is 37.0 Å². The van der Waals surface area contributed by atoms with Crippen molar-refractivity contribution in [1.29, 1.82) is 0 Å². The van der Waals surface area contributed by atoms with E-state index in [0.29, 0.717) is 84.3 Å². The Labute approximate surface area is 871 Å². The molecule has 18 heteroatoms. The van der Waals surface area contributed by atoms with Gasteiger partial charge in [0, 0.05) is 231 Å². The number of likely N-dealkylation sites (tertiary alicyclic amines) is 8. The Kier molecular flexibility index (Phi) is 42.6. The Bertz CT molecular complexity index is 4650. The Morgan fingerprint density at radius 1 is 0.306 bits per heavy atom. The van der Waals surface area contributed by atoms with E-state index < -0.39 is 17.8 Å². The zero-order valence-corrected chi connectivity index (χ0v) is 94.5. The monoisotopic (exact) mass is 1990 g/mol. The van der Waals surface area contributed by atoms with Gasteiger partial charge in [-0.3, -0.25) is 34.3 Å². The van der Waals surface area contributed by atoms with E-state index in [1.54, 1.807) is 23.3 Å². The van der Waals surface area contributed by atoms with Crippen molar-refractivity contribution in [2.45, 2.75) is 416 Å². The fourth-order valence-corrected chi connectivity index (χ4v) is 24.2. The quantitative estimate of drug-likeness (QED) is 0.0869. The average molecular weight is 2000 g/mol. The van der Waals surface area contributed by atoms with E-state index in [2.05, 4.69) is 376 Å². The van der Waals surface area contributed by atoms with Crippen LogP contribution in [0.4, 0.5) is 30.7 Å². The van der Waals surface area contributed by atoms with Gasteiger partial charge in [0.25, 0.3) is 5.92 Å². The van der Waals surface area contributed by atoms with Gasteiger partial charge in [-0.2, -0.15) is 0 Å². The minimum absolute atomic E-state index is 0.00771. The summed E-state index contributed by atoms with van der Waals surface area (Å²) in [4.78, 5) is 27.0. The minimum atomic E-state index is -2.45. The van der Waals surface area contributed by atoms with Crippen molar-refractivity contribution < 1.29 is 30.7 Å². The van der Waals surface area contributed by atoms with E-state index in [0.717, 1.165) is 113 Å². The van der Waals surface area contributed by atoms with Crippen LogP contribution in [-0.4, -0.2) is 243 Å². The lowest BCUT2D eigenvalue weighted by Crippen LogP contribution is -2.66. The molecule has 23 rings (SSSR count). The molecule has 12 aliphatic heterocycles. The minimum Gasteiger partial charge on any atom is -0.301 e. The molecular formula is C126H194F7N11. The summed E-state index contributed by atoms with van der Waals surface area (Å²) in [6.07, 6.45) is 11.8. The summed E-state index contributed by atoms with van der Waals surface area (Å²) in [6, 6.07) is 74.7. The van der Waals surface area contributed by atoms with Gasteiger partial charge in [-0.25, -0.2) is 30.7 Å². The molecule has 9 saturated heterocycles. The van der Waals surface area contributed by atoms with E-state index >= 15 is 0 Å². The van der Waals surface area contributed by atoms with Crippen molar-refractivity contribution in [3.8, 4) is 0 Å². The lowest BCUT2D eigenvalue weighted by atomic mass is 9.56. The molecule has 0 aromatic heterocycles. The van der Waals surface area contributed by atoms with Crippen LogP contribution in [0.1, 0.15) is 350 Å². The van der Waals surface area contributed by atoms with Crippen LogP contribution >= 0.6 is 0 Å². The van der Waals surface area contributed by atoms with Gasteiger partial charge < -0.3 is 19.6 Å². The second-order valence-electron chi connectivity index (χ2n) is 49.3. The van der Waals surface area contributed by atoms with Crippen molar-refractivity contribution in [1.82, 2.24) is 53.9 Å². The molecule has 12 heterocycles. The number of benzene rings is 7. The van der Waals surface area contributed by atoms with Crippen LogP contribution in [0, 0.1) is 28.0 Å². The van der Waals surface area contributed by atoms with Gasteiger partial charge >= 0.3 is 0 Å². The molecule has 7 aromatic rings. The molecule has 12 fully saturated rings. The van der Waals surface area contributed by atoms with Gasteiger partial charge in [-0.05, 0) is 334 Å². The number of rotatable bonds is 16. The maximum atomic E-state index is 12.9. The third-order valence-electron chi connectivity index (χ3n) is 34.5. The fraction of sp³-hybridized carbons (Fsp3) is 0.667. The first-order chi connectivity index (χ1) is 68.0. The predicted molar refractivity (Wildman–Crippen MR) is 593 cm³/mol. The van der Waals surface area contributed by atoms with Gasteiger partial charge in [-0.15, -0.1) is 0 Å². The maximum absolute atomic E-state index is 12.9. The van der Waals surface area contributed by atoms with Gasteiger partial charge in [0.05, 0.1) is 0 Å². The fourth-order valence-electron chi connectivity index (χ4n) is 24.2.